The highest BCUT2D eigenvalue weighted by molar-refractivity contribution is 8.01. The van der Waals surface area contributed by atoms with Crippen molar-refractivity contribution in [2.75, 3.05) is 36.6 Å². The van der Waals surface area contributed by atoms with E-state index in [0.717, 1.165) is 10.6 Å². The number of sulfone groups is 1. The maximum absolute atomic E-state index is 12.1. The van der Waals surface area contributed by atoms with Crippen LogP contribution in [0.15, 0.2) is 0 Å². The minimum absolute atomic E-state index is 0.0269. The van der Waals surface area contributed by atoms with E-state index >= 15 is 0 Å². The van der Waals surface area contributed by atoms with E-state index in [1.807, 2.05) is 0 Å². The molecule has 1 unspecified atom stereocenters. The van der Waals surface area contributed by atoms with Gasteiger partial charge in [-0.3, -0.25) is 0 Å². The van der Waals surface area contributed by atoms with Gasteiger partial charge in [0.25, 0.3) is 0 Å². The molecule has 1 rings (SSSR count). The Hall–Kier alpha value is 0.170. The third-order valence-electron chi connectivity index (χ3n) is 2.75. The molecule has 0 aromatic carbocycles. The van der Waals surface area contributed by atoms with E-state index < -0.39 is 25.2 Å². The number of thioether (sulfide) groups is 1. The minimum Gasteiger partial charge on any atom is -0.330 e. The van der Waals surface area contributed by atoms with Gasteiger partial charge in [0, 0.05) is 24.3 Å². The Labute approximate surface area is 113 Å². The van der Waals surface area contributed by atoms with Gasteiger partial charge in [-0.1, -0.05) is 0 Å². The number of hydrogen-bond donors (Lipinski definition) is 1. The Morgan fingerprint density at radius 3 is 2.50 bits per heavy atom. The quantitative estimate of drug-likeness (QED) is 0.662. The van der Waals surface area contributed by atoms with Crippen LogP contribution in [0.5, 0.6) is 0 Å². The highest BCUT2D eigenvalue weighted by atomic mass is 32.2. The molecule has 9 heteroatoms. The lowest BCUT2D eigenvalue weighted by Crippen LogP contribution is -2.50. The van der Waals surface area contributed by atoms with Crippen molar-refractivity contribution in [1.29, 1.82) is 0 Å². The van der Waals surface area contributed by atoms with Crippen LogP contribution in [0.2, 0.25) is 0 Å². The molecule has 1 saturated heterocycles. The van der Waals surface area contributed by atoms with Crippen LogP contribution in [0.25, 0.3) is 0 Å². The standard InChI is InChI=1S/C9H20N2O4S3/c1-17(12,13)9-8-16-6-5-11(9)18(14,15)7-3-2-4-10/h9H,2-8,10H2,1H3. The van der Waals surface area contributed by atoms with Crippen LogP contribution in [0, 0.1) is 0 Å². The first-order valence-corrected chi connectivity index (χ1v) is 10.5. The van der Waals surface area contributed by atoms with Gasteiger partial charge in [0.05, 0.1) is 5.75 Å². The van der Waals surface area contributed by atoms with Gasteiger partial charge in [-0.25, -0.2) is 16.8 Å². The topological polar surface area (TPSA) is 97.5 Å². The molecular weight excluding hydrogens is 296 g/mol. The molecule has 0 spiro atoms. The molecule has 0 aliphatic carbocycles. The third-order valence-corrected chi connectivity index (χ3v) is 7.48. The molecule has 1 fully saturated rings. The fraction of sp³-hybridized carbons (Fsp3) is 1.00. The van der Waals surface area contributed by atoms with Crippen molar-refractivity contribution in [3.8, 4) is 0 Å². The lowest BCUT2D eigenvalue weighted by Gasteiger charge is -2.32. The second kappa shape index (κ2) is 6.56. The summed E-state index contributed by atoms with van der Waals surface area (Å²) < 4.78 is 48.7. The first kappa shape index (κ1) is 16.2. The molecule has 0 amide bonds. The Morgan fingerprint density at radius 1 is 1.28 bits per heavy atom. The molecule has 0 saturated carbocycles. The fourth-order valence-corrected chi connectivity index (χ4v) is 7.13. The van der Waals surface area contributed by atoms with Crippen molar-refractivity contribution in [2.45, 2.75) is 18.2 Å². The molecular formula is C9H20N2O4S3. The van der Waals surface area contributed by atoms with Crippen LogP contribution in [0.3, 0.4) is 0 Å². The number of sulfonamides is 1. The van der Waals surface area contributed by atoms with Gasteiger partial charge >= 0.3 is 0 Å². The van der Waals surface area contributed by atoms with Crippen LogP contribution in [-0.2, 0) is 19.9 Å². The van der Waals surface area contributed by atoms with Gasteiger partial charge in [-0.2, -0.15) is 16.1 Å². The molecule has 1 aliphatic heterocycles. The summed E-state index contributed by atoms with van der Waals surface area (Å²) in [6.45, 7) is 0.717. The molecule has 18 heavy (non-hydrogen) atoms. The number of rotatable bonds is 6. The lowest BCUT2D eigenvalue weighted by atomic mass is 10.3. The van der Waals surface area contributed by atoms with Crippen molar-refractivity contribution in [2.24, 2.45) is 5.73 Å². The zero-order chi connectivity index (χ0) is 13.8. The van der Waals surface area contributed by atoms with Crippen LogP contribution >= 0.6 is 11.8 Å². The lowest BCUT2D eigenvalue weighted by molar-refractivity contribution is 0.404. The zero-order valence-corrected chi connectivity index (χ0v) is 12.9. The van der Waals surface area contributed by atoms with Gasteiger partial charge in [0.1, 0.15) is 5.37 Å². The van der Waals surface area contributed by atoms with E-state index in [-0.39, 0.29) is 12.3 Å². The van der Waals surface area contributed by atoms with E-state index in [1.165, 1.54) is 11.8 Å². The summed E-state index contributed by atoms with van der Waals surface area (Å²) in [4.78, 5) is 0. The van der Waals surface area contributed by atoms with E-state index in [9.17, 15) is 16.8 Å². The molecule has 108 valence electrons. The van der Waals surface area contributed by atoms with E-state index in [1.54, 1.807) is 0 Å². The second-order valence-electron chi connectivity index (χ2n) is 4.28. The summed E-state index contributed by atoms with van der Waals surface area (Å²) in [5.74, 6) is 0.929. The first-order valence-electron chi connectivity index (χ1n) is 5.75. The van der Waals surface area contributed by atoms with Crippen molar-refractivity contribution in [3.05, 3.63) is 0 Å². The highest BCUT2D eigenvalue weighted by Gasteiger charge is 2.37. The highest BCUT2D eigenvalue weighted by Crippen LogP contribution is 2.23. The van der Waals surface area contributed by atoms with Gasteiger partial charge < -0.3 is 5.73 Å². The molecule has 1 heterocycles. The molecule has 0 radical (unpaired) electrons. The molecule has 2 N–H and O–H groups in total. The number of unbranched alkanes of at least 4 members (excludes halogenated alkanes) is 1. The molecule has 0 aromatic rings. The molecule has 1 atom stereocenters. The Kier molecular flexibility index (Phi) is 5.91. The van der Waals surface area contributed by atoms with Crippen LogP contribution in [-0.4, -0.2) is 63.1 Å². The maximum Gasteiger partial charge on any atom is 0.215 e. The Morgan fingerprint density at radius 2 is 1.94 bits per heavy atom. The van der Waals surface area contributed by atoms with Crippen LogP contribution in [0.1, 0.15) is 12.8 Å². The zero-order valence-electron chi connectivity index (χ0n) is 10.4. The van der Waals surface area contributed by atoms with Gasteiger partial charge in [0.15, 0.2) is 9.84 Å². The summed E-state index contributed by atoms with van der Waals surface area (Å²) >= 11 is 1.47. The largest absolute Gasteiger partial charge is 0.330 e. The van der Waals surface area contributed by atoms with E-state index in [0.29, 0.717) is 30.9 Å². The summed E-state index contributed by atoms with van der Waals surface area (Å²) in [5.41, 5.74) is 5.33. The van der Waals surface area contributed by atoms with Crippen molar-refractivity contribution in [3.63, 3.8) is 0 Å². The number of nitrogens with two attached hydrogens (primary N) is 1. The SMILES string of the molecule is CS(=O)(=O)C1CSCCN1S(=O)(=O)CCCCN. The minimum atomic E-state index is -3.50. The molecule has 6 nitrogen and oxygen atoms in total. The van der Waals surface area contributed by atoms with Crippen LogP contribution in [0.4, 0.5) is 0 Å². The van der Waals surface area contributed by atoms with Crippen LogP contribution < -0.4 is 5.73 Å². The van der Waals surface area contributed by atoms with Crippen molar-refractivity contribution < 1.29 is 16.8 Å². The third kappa shape index (κ3) is 4.37. The van der Waals surface area contributed by atoms with Gasteiger partial charge in [-0.05, 0) is 19.4 Å². The summed E-state index contributed by atoms with van der Waals surface area (Å²) in [6.07, 6.45) is 2.19. The maximum atomic E-state index is 12.1. The monoisotopic (exact) mass is 316 g/mol. The normalized spacial score (nSPS) is 23.1. The van der Waals surface area contributed by atoms with E-state index in [2.05, 4.69) is 0 Å². The molecule has 0 bridgehead atoms. The smallest absolute Gasteiger partial charge is 0.215 e. The summed E-state index contributed by atoms with van der Waals surface area (Å²) in [5, 5.41) is -0.917. The summed E-state index contributed by atoms with van der Waals surface area (Å²) in [7, 11) is -6.89. The predicted molar refractivity (Wildman–Crippen MR) is 74.7 cm³/mol. The number of hydrogen-bond acceptors (Lipinski definition) is 6. The van der Waals surface area contributed by atoms with Gasteiger partial charge in [-0.15, -0.1) is 0 Å². The first-order chi connectivity index (χ1) is 8.29. The predicted octanol–water partition coefficient (Wildman–Crippen LogP) is -0.525. The Bertz CT molecular complexity index is 460. The van der Waals surface area contributed by atoms with E-state index in [4.69, 9.17) is 5.73 Å². The average molecular weight is 316 g/mol. The molecule has 0 aromatic heterocycles. The Balaban J connectivity index is 2.83. The fourth-order valence-electron chi connectivity index (χ4n) is 1.77. The second-order valence-corrected chi connectivity index (χ2v) is 9.68. The molecule has 1 aliphatic rings. The summed E-state index contributed by atoms with van der Waals surface area (Å²) in [6, 6.07) is 0. The van der Waals surface area contributed by atoms with Gasteiger partial charge in [0.2, 0.25) is 10.0 Å². The average Bonchev–Trinajstić information content (AvgIpc) is 2.28. The van der Waals surface area contributed by atoms with Crippen molar-refractivity contribution in [1.82, 2.24) is 4.31 Å². The number of nitrogens with zero attached hydrogens (tertiary/aromatic N) is 1. The van der Waals surface area contributed by atoms with Crippen molar-refractivity contribution >= 4 is 31.6 Å².